The Morgan fingerprint density at radius 1 is 1.47 bits per heavy atom. The molecule has 0 aliphatic rings. The normalized spacial score (nSPS) is 11.9. The van der Waals surface area contributed by atoms with Gasteiger partial charge >= 0.3 is 5.97 Å². The SMILES string of the molecule is CCC(Nc1cccc(-n2cccn2)c1)C(=O)OC. The molecule has 1 N–H and O–H groups in total. The number of methoxy groups -OCH3 is 1. The van der Waals surface area contributed by atoms with Crippen LogP contribution in [-0.2, 0) is 9.53 Å². The number of hydrogen-bond acceptors (Lipinski definition) is 4. The van der Waals surface area contributed by atoms with Gasteiger partial charge in [0.1, 0.15) is 6.04 Å². The molecule has 19 heavy (non-hydrogen) atoms. The van der Waals surface area contributed by atoms with E-state index < -0.39 is 0 Å². The average molecular weight is 259 g/mol. The number of aromatic nitrogens is 2. The van der Waals surface area contributed by atoms with Crippen molar-refractivity contribution < 1.29 is 9.53 Å². The van der Waals surface area contributed by atoms with Crippen LogP contribution in [0.3, 0.4) is 0 Å². The van der Waals surface area contributed by atoms with E-state index >= 15 is 0 Å². The summed E-state index contributed by atoms with van der Waals surface area (Å²) in [5.41, 5.74) is 1.81. The minimum absolute atomic E-state index is 0.257. The molecule has 0 aliphatic heterocycles. The molecular formula is C14H17N3O2. The Morgan fingerprint density at radius 3 is 2.95 bits per heavy atom. The molecule has 1 aromatic carbocycles. The molecule has 0 spiro atoms. The standard InChI is InChI=1S/C14H17N3O2/c1-3-13(14(18)19-2)16-11-6-4-7-12(10-11)17-9-5-8-15-17/h4-10,13,16H,3H2,1-2H3. The van der Waals surface area contributed by atoms with E-state index in [1.807, 2.05) is 43.5 Å². The highest BCUT2D eigenvalue weighted by Gasteiger charge is 2.16. The Labute approximate surface area is 112 Å². The van der Waals surface area contributed by atoms with Gasteiger partial charge < -0.3 is 10.1 Å². The van der Waals surface area contributed by atoms with Gasteiger partial charge in [-0.15, -0.1) is 0 Å². The zero-order valence-corrected chi connectivity index (χ0v) is 11.0. The topological polar surface area (TPSA) is 56.2 Å². The molecule has 5 heteroatoms. The fourth-order valence-electron chi connectivity index (χ4n) is 1.83. The van der Waals surface area contributed by atoms with E-state index in [1.165, 1.54) is 7.11 Å². The summed E-state index contributed by atoms with van der Waals surface area (Å²) >= 11 is 0. The van der Waals surface area contributed by atoms with Crippen LogP contribution in [-0.4, -0.2) is 28.9 Å². The van der Waals surface area contributed by atoms with Gasteiger partial charge in [-0.25, -0.2) is 9.48 Å². The third-order valence-corrected chi connectivity index (χ3v) is 2.85. The third kappa shape index (κ3) is 3.13. The maximum absolute atomic E-state index is 11.6. The Hall–Kier alpha value is -2.30. The van der Waals surface area contributed by atoms with Gasteiger partial charge in [-0.1, -0.05) is 13.0 Å². The number of anilines is 1. The van der Waals surface area contributed by atoms with Crippen LogP contribution in [0.5, 0.6) is 0 Å². The number of nitrogens with zero attached hydrogens (tertiary/aromatic N) is 2. The van der Waals surface area contributed by atoms with E-state index in [4.69, 9.17) is 4.74 Å². The fraction of sp³-hybridized carbons (Fsp3) is 0.286. The highest BCUT2D eigenvalue weighted by atomic mass is 16.5. The van der Waals surface area contributed by atoms with Crippen LogP contribution in [0.4, 0.5) is 5.69 Å². The van der Waals surface area contributed by atoms with Crippen LogP contribution in [0.25, 0.3) is 5.69 Å². The van der Waals surface area contributed by atoms with Gasteiger partial charge in [0.2, 0.25) is 0 Å². The summed E-state index contributed by atoms with van der Waals surface area (Å²) in [5.74, 6) is -0.257. The molecule has 0 saturated carbocycles. The lowest BCUT2D eigenvalue weighted by atomic mass is 10.2. The molecule has 1 unspecified atom stereocenters. The molecular weight excluding hydrogens is 242 g/mol. The lowest BCUT2D eigenvalue weighted by molar-refractivity contribution is -0.141. The maximum Gasteiger partial charge on any atom is 0.328 e. The van der Waals surface area contributed by atoms with Crippen LogP contribution >= 0.6 is 0 Å². The van der Waals surface area contributed by atoms with Gasteiger partial charge in [-0.2, -0.15) is 5.10 Å². The molecule has 1 atom stereocenters. The van der Waals surface area contributed by atoms with Crippen molar-refractivity contribution in [2.75, 3.05) is 12.4 Å². The second-order valence-corrected chi connectivity index (χ2v) is 4.13. The largest absolute Gasteiger partial charge is 0.467 e. The fourth-order valence-corrected chi connectivity index (χ4v) is 1.83. The van der Waals surface area contributed by atoms with Crippen LogP contribution in [0.1, 0.15) is 13.3 Å². The molecule has 0 fully saturated rings. The monoisotopic (exact) mass is 259 g/mol. The van der Waals surface area contributed by atoms with Gasteiger partial charge in [-0.3, -0.25) is 0 Å². The summed E-state index contributed by atoms with van der Waals surface area (Å²) in [4.78, 5) is 11.6. The number of carbonyl (C=O) groups excluding carboxylic acids is 1. The van der Waals surface area contributed by atoms with E-state index in [0.29, 0.717) is 6.42 Å². The van der Waals surface area contributed by atoms with Crippen molar-refractivity contribution >= 4 is 11.7 Å². The van der Waals surface area contributed by atoms with E-state index in [-0.39, 0.29) is 12.0 Å². The Kier molecular flexibility index (Phi) is 4.18. The van der Waals surface area contributed by atoms with Crippen LogP contribution < -0.4 is 5.32 Å². The molecule has 1 heterocycles. The zero-order chi connectivity index (χ0) is 13.7. The van der Waals surface area contributed by atoms with Gasteiger partial charge in [0.15, 0.2) is 0 Å². The van der Waals surface area contributed by atoms with Gasteiger partial charge in [0, 0.05) is 18.1 Å². The highest BCUT2D eigenvalue weighted by Crippen LogP contribution is 2.15. The molecule has 0 amide bonds. The number of nitrogens with one attached hydrogen (secondary N) is 1. The first-order valence-corrected chi connectivity index (χ1v) is 6.19. The minimum atomic E-state index is -0.335. The predicted octanol–water partition coefficient (Wildman–Crippen LogP) is 2.24. The first kappa shape index (κ1) is 13.1. The summed E-state index contributed by atoms with van der Waals surface area (Å²) in [6, 6.07) is 9.26. The van der Waals surface area contributed by atoms with Crippen molar-refractivity contribution in [1.82, 2.24) is 9.78 Å². The second kappa shape index (κ2) is 6.04. The lowest BCUT2D eigenvalue weighted by Crippen LogP contribution is -2.29. The van der Waals surface area contributed by atoms with Crippen molar-refractivity contribution in [1.29, 1.82) is 0 Å². The number of ether oxygens (including phenoxy) is 1. The third-order valence-electron chi connectivity index (χ3n) is 2.85. The maximum atomic E-state index is 11.6. The zero-order valence-electron chi connectivity index (χ0n) is 11.0. The molecule has 0 radical (unpaired) electrons. The van der Waals surface area contributed by atoms with Crippen LogP contribution in [0.15, 0.2) is 42.7 Å². The smallest absolute Gasteiger partial charge is 0.328 e. The van der Waals surface area contributed by atoms with E-state index in [1.54, 1.807) is 10.9 Å². The number of rotatable bonds is 5. The van der Waals surface area contributed by atoms with Gasteiger partial charge in [-0.05, 0) is 30.7 Å². The Morgan fingerprint density at radius 2 is 2.32 bits per heavy atom. The molecule has 100 valence electrons. The van der Waals surface area contributed by atoms with Crippen molar-refractivity contribution in [3.05, 3.63) is 42.7 Å². The second-order valence-electron chi connectivity index (χ2n) is 4.13. The van der Waals surface area contributed by atoms with Crippen LogP contribution in [0.2, 0.25) is 0 Å². The van der Waals surface area contributed by atoms with Crippen molar-refractivity contribution in [3.8, 4) is 5.69 Å². The van der Waals surface area contributed by atoms with Crippen molar-refractivity contribution in [3.63, 3.8) is 0 Å². The van der Waals surface area contributed by atoms with E-state index in [2.05, 4.69) is 10.4 Å². The summed E-state index contributed by atoms with van der Waals surface area (Å²) in [5, 5.41) is 7.34. The van der Waals surface area contributed by atoms with Crippen molar-refractivity contribution in [2.24, 2.45) is 0 Å². The average Bonchev–Trinajstić information content (AvgIpc) is 2.98. The predicted molar refractivity (Wildman–Crippen MR) is 73.3 cm³/mol. The van der Waals surface area contributed by atoms with Gasteiger partial charge in [0.25, 0.3) is 0 Å². The Bertz CT molecular complexity index is 537. The Balaban J connectivity index is 2.17. The molecule has 0 saturated heterocycles. The number of esters is 1. The van der Waals surface area contributed by atoms with Gasteiger partial charge in [0.05, 0.1) is 12.8 Å². The summed E-state index contributed by atoms with van der Waals surface area (Å²) in [6.07, 6.45) is 4.26. The lowest BCUT2D eigenvalue weighted by Gasteiger charge is -2.16. The number of hydrogen-bond donors (Lipinski definition) is 1. The molecule has 5 nitrogen and oxygen atoms in total. The quantitative estimate of drug-likeness (QED) is 0.837. The summed E-state index contributed by atoms with van der Waals surface area (Å²) < 4.78 is 6.53. The molecule has 0 aliphatic carbocycles. The summed E-state index contributed by atoms with van der Waals surface area (Å²) in [7, 11) is 1.40. The van der Waals surface area contributed by atoms with E-state index in [0.717, 1.165) is 11.4 Å². The highest BCUT2D eigenvalue weighted by molar-refractivity contribution is 5.79. The first-order chi connectivity index (χ1) is 9.24. The minimum Gasteiger partial charge on any atom is -0.467 e. The number of carbonyl (C=O) groups is 1. The molecule has 2 aromatic rings. The summed E-state index contributed by atoms with van der Waals surface area (Å²) in [6.45, 7) is 1.94. The first-order valence-electron chi connectivity index (χ1n) is 6.19. The van der Waals surface area contributed by atoms with E-state index in [9.17, 15) is 4.79 Å². The number of benzene rings is 1. The molecule has 2 rings (SSSR count). The molecule has 1 aromatic heterocycles. The van der Waals surface area contributed by atoms with Crippen LogP contribution in [0, 0.1) is 0 Å². The van der Waals surface area contributed by atoms with Crippen molar-refractivity contribution in [2.45, 2.75) is 19.4 Å². The molecule has 0 bridgehead atoms.